The maximum Gasteiger partial charge on any atom is 0.319 e. The van der Waals surface area contributed by atoms with E-state index in [4.69, 9.17) is 0 Å². The summed E-state index contributed by atoms with van der Waals surface area (Å²) in [5.41, 5.74) is 0.458. The van der Waals surface area contributed by atoms with Crippen LogP contribution in [0.5, 0.6) is 0 Å². The number of urea groups is 1. The first-order valence-electron chi connectivity index (χ1n) is 3.91. The molecule has 0 aliphatic rings. The molecule has 0 saturated carbocycles. The van der Waals surface area contributed by atoms with Gasteiger partial charge in [-0.3, -0.25) is 4.98 Å². The molecule has 76 valence electrons. The van der Waals surface area contributed by atoms with Gasteiger partial charge in [0.2, 0.25) is 0 Å². The maximum absolute atomic E-state index is 11.7. The van der Waals surface area contributed by atoms with Gasteiger partial charge in [0.05, 0.1) is 18.4 Å². The van der Waals surface area contributed by atoms with Crippen molar-refractivity contribution in [3.63, 3.8) is 0 Å². The molecular formula is C8H9F2N3O. The molecule has 1 aromatic heterocycles. The van der Waals surface area contributed by atoms with Crippen molar-refractivity contribution in [1.29, 1.82) is 0 Å². The zero-order valence-electron chi connectivity index (χ0n) is 7.21. The Bertz CT molecular complexity index is 292. The van der Waals surface area contributed by atoms with Gasteiger partial charge in [0.25, 0.3) is 6.43 Å². The summed E-state index contributed by atoms with van der Waals surface area (Å²) in [5.74, 6) is 0. The zero-order chi connectivity index (χ0) is 10.4. The molecule has 0 fully saturated rings. The van der Waals surface area contributed by atoms with Gasteiger partial charge in [-0.2, -0.15) is 0 Å². The standard InChI is InChI=1S/C8H9F2N3O/c9-7(10)5-12-8(14)13-6-2-1-3-11-4-6/h1-4,7H,5H2,(H2,12,13,14). The van der Waals surface area contributed by atoms with Crippen molar-refractivity contribution in [3.8, 4) is 0 Å². The molecule has 0 radical (unpaired) electrons. The van der Waals surface area contributed by atoms with E-state index >= 15 is 0 Å². The minimum atomic E-state index is -2.55. The van der Waals surface area contributed by atoms with Crippen molar-refractivity contribution in [3.05, 3.63) is 24.5 Å². The van der Waals surface area contributed by atoms with Gasteiger partial charge in [0, 0.05) is 6.20 Å². The molecule has 4 nitrogen and oxygen atoms in total. The van der Waals surface area contributed by atoms with Crippen LogP contribution in [0.1, 0.15) is 0 Å². The van der Waals surface area contributed by atoms with Crippen LogP contribution in [0, 0.1) is 0 Å². The highest BCUT2D eigenvalue weighted by Crippen LogP contribution is 2.01. The van der Waals surface area contributed by atoms with E-state index in [1.807, 2.05) is 5.32 Å². The number of alkyl halides is 2. The molecule has 1 aromatic rings. The number of amides is 2. The van der Waals surface area contributed by atoms with Crippen LogP contribution in [0.15, 0.2) is 24.5 Å². The number of rotatable bonds is 3. The van der Waals surface area contributed by atoms with Crippen LogP contribution in [0.4, 0.5) is 19.3 Å². The largest absolute Gasteiger partial charge is 0.332 e. The summed E-state index contributed by atoms with van der Waals surface area (Å²) in [6.07, 6.45) is 0.416. The lowest BCUT2D eigenvalue weighted by atomic mass is 10.4. The Morgan fingerprint density at radius 2 is 2.36 bits per heavy atom. The lowest BCUT2D eigenvalue weighted by Gasteiger charge is -2.05. The quantitative estimate of drug-likeness (QED) is 0.778. The van der Waals surface area contributed by atoms with Crippen molar-refractivity contribution in [2.24, 2.45) is 0 Å². The van der Waals surface area contributed by atoms with Gasteiger partial charge in [0.15, 0.2) is 0 Å². The number of hydrogen-bond acceptors (Lipinski definition) is 2. The third-order valence-corrected chi connectivity index (χ3v) is 1.34. The van der Waals surface area contributed by atoms with Crippen LogP contribution in [-0.2, 0) is 0 Å². The third-order valence-electron chi connectivity index (χ3n) is 1.34. The van der Waals surface area contributed by atoms with Crippen LogP contribution < -0.4 is 10.6 Å². The molecule has 0 atom stereocenters. The van der Waals surface area contributed by atoms with Gasteiger partial charge < -0.3 is 10.6 Å². The van der Waals surface area contributed by atoms with E-state index in [1.165, 1.54) is 6.20 Å². The molecule has 1 rings (SSSR count). The van der Waals surface area contributed by atoms with Crippen LogP contribution >= 0.6 is 0 Å². The second-order valence-corrected chi connectivity index (χ2v) is 2.47. The fourth-order valence-electron chi connectivity index (χ4n) is 0.782. The molecule has 0 saturated heterocycles. The summed E-state index contributed by atoms with van der Waals surface area (Å²) in [6.45, 7) is -0.661. The molecule has 0 aromatic carbocycles. The predicted molar refractivity (Wildman–Crippen MR) is 47.3 cm³/mol. The SMILES string of the molecule is O=C(NCC(F)F)Nc1cccnc1. The molecule has 0 bridgehead atoms. The summed E-state index contributed by atoms with van der Waals surface area (Å²) >= 11 is 0. The molecule has 2 amide bonds. The normalized spacial score (nSPS) is 9.93. The highest BCUT2D eigenvalue weighted by Gasteiger charge is 2.05. The van der Waals surface area contributed by atoms with E-state index in [2.05, 4.69) is 10.3 Å². The fraction of sp³-hybridized carbons (Fsp3) is 0.250. The molecule has 6 heteroatoms. The van der Waals surface area contributed by atoms with Crippen LogP contribution in [0.3, 0.4) is 0 Å². The van der Waals surface area contributed by atoms with Crippen molar-refractivity contribution in [2.75, 3.05) is 11.9 Å². The Morgan fingerprint density at radius 1 is 1.57 bits per heavy atom. The van der Waals surface area contributed by atoms with Gasteiger partial charge in [-0.15, -0.1) is 0 Å². The summed E-state index contributed by atoms with van der Waals surface area (Å²) in [7, 11) is 0. The minimum absolute atomic E-state index is 0.458. The van der Waals surface area contributed by atoms with E-state index in [1.54, 1.807) is 18.3 Å². The predicted octanol–water partition coefficient (Wildman–Crippen LogP) is 1.47. The van der Waals surface area contributed by atoms with E-state index in [9.17, 15) is 13.6 Å². The summed E-state index contributed by atoms with van der Waals surface area (Å²) in [4.78, 5) is 14.7. The number of nitrogens with zero attached hydrogens (tertiary/aromatic N) is 1. The fourth-order valence-corrected chi connectivity index (χ4v) is 0.782. The first-order chi connectivity index (χ1) is 6.68. The number of pyridine rings is 1. The number of carbonyl (C=O) groups is 1. The Balaban J connectivity index is 2.35. The second kappa shape index (κ2) is 5.11. The highest BCUT2D eigenvalue weighted by molar-refractivity contribution is 5.88. The molecule has 2 N–H and O–H groups in total. The monoisotopic (exact) mass is 201 g/mol. The number of anilines is 1. The Kier molecular flexibility index (Phi) is 3.78. The van der Waals surface area contributed by atoms with Crippen LogP contribution in [-0.4, -0.2) is 24.0 Å². The molecule has 1 heterocycles. The molecule has 14 heavy (non-hydrogen) atoms. The first-order valence-corrected chi connectivity index (χ1v) is 3.91. The topological polar surface area (TPSA) is 54.0 Å². The lowest BCUT2D eigenvalue weighted by molar-refractivity contribution is 0.148. The summed E-state index contributed by atoms with van der Waals surface area (Å²) in [5, 5.41) is 4.35. The molecular weight excluding hydrogens is 192 g/mol. The smallest absolute Gasteiger partial charge is 0.319 e. The summed E-state index contributed by atoms with van der Waals surface area (Å²) < 4.78 is 23.4. The number of aromatic nitrogens is 1. The summed E-state index contributed by atoms with van der Waals surface area (Å²) in [6, 6.07) is 2.57. The van der Waals surface area contributed by atoms with E-state index in [-0.39, 0.29) is 0 Å². The molecule has 0 spiro atoms. The average Bonchev–Trinajstić information content (AvgIpc) is 2.16. The number of carbonyl (C=O) groups excluding carboxylic acids is 1. The van der Waals surface area contributed by atoms with Gasteiger partial charge in [0.1, 0.15) is 0 Å². The second-order valence-electron chi connectivity index (χ2n) is 2.47. The Hall–Kier alpha value is -1.72. The molecule has 0 unspecified atom stereocenters. The van der Waals surface area contributed by atoms with Gasteiger partial charge in [-0.25, -0.2) is 13.6 Å². The van der Waals surface area contributed by atoms with Gasteiger partial charge in [-0.05, 0) is 12.1 Å². The minimum Gasteiger partial charge on any atom is -0.332 e. The van der Waals surface area contributed by atoms with E-state index < -0.39 is 19.0 Å². The van der Waals surface area contributed by atoms with E-state index in [0.717, 1.165) is 0 Å². The Morgan fingerprint density at radius 3 is 2.93 bits per heavy atom. The maximum atomic E-state index is 11.7. The molecule has 0 aliphatic carbocycles. The van der Waals surface area contributed by atoms with Crippen molar-refractivity contribution < 1.29 is 13.6 Å². The number of halogens is 2. The van der Waals surface area contributed by atoms with Crippen molar-refractivity contribution in [1.82, 2.24) is 10.3 Å². The van der Waals surface area contributed by atoms with E-state index in [0.29, 0.717) is 5.69 Å². The number of hydrogen-bond donors (Lipinski definition) is 2. The highest BCUT2D eigenvalue weighted by atomic mass is 19.3. The van der Waals surface area contributed by atoms with Gasteiger partial charge in [-0.1, -0.05) is 0 Å². The zero-order valence-corrected chi connectivity index (χ0v) is 7.21. The van der Waals surface area contributed by atoms with Crippen molar-refractivity contribution in [2.45, 2.75) is 6.43 Å². The lowest BCUT2D eigenvalue weighted by Crippen LogP contribution is -2.32. The van der Waals surface area contributed by atoms with Gasteiger partial charge >= 0.3 is 6.03 Å². The average molecular weight is 201 g/mol. The number of nitrogens with one attached hydrogen (secondary N) is 2. The van der Waals surface area contributed by atoms with Crippen molar-refractivity contribution >= 4 is 11.7 Å². The molecule has 0 aliphatic heterocycles. The third kappa shape index (κ3) is 3.79. The first kappa shape index (κ1) is 10.4. The van der Waals surface area contributed by atoms with Crippen LogP contribution in [0.25, 0.3) is 0 Å². The Labute approximate surface area is 79.3 Å². The van der Waals surface area contributed by atoms with Crippen LogP contribution in [0.2, 0.25) is 0 Å².